The SMILES string of the molecule is COCO[C@H](C)[C@H](c1cc(OC)c(OC)cc1OC)[C@@H](C)[C@H](O)c1cc(OC)c(OC)cc1OC. The van der Waals surface area contributed by atoms with E-state index in [-0.39, 0.29) is 24.7 Å². The van der Waals surface area contributed by atoms with Crippen molar-refractivity contribution in [1.82, 2.24) is 0 Å². The molecule has 0 aliphatic carbocycles. The molecule has 2 aromatic carbocycles. The highest BCUT2D eigenvalue weighted by atomic mass is 16.7. The Bertz CT molecular complexity index is 947. The van der Waals surface area contributed by atoms with Crippen molar-refractivity contribution in [1.29, 1.82) is 0 Å². The Labute approximate surface area is 207 Å². The molecule has 0 aliphatic rings. The fourth-order valence-corrected chi connectivity index (χ4v) is 4.32. The maximum absolute atomic E-state index is 11.6. The van der Waals surface area contributed by atoms with E-state index in [2.05, 4.69) is 0 Å². The van der Waals surface area contributed by atoms with E-state index >= 15 is 0 Å². The van der Waals surface area contributed by atoms with Crippen LogP contribution in [-0.4, -0.2) is 67.8 Å². The van der Waals surface area contributed by atoms with Crippen molar-refractivity contribution in [2.24, 2.45) is 5.92 Å². The lowest BCUT2D eigenvalue weighted by molar-refractivity contribution is -0.0855. The first-order valence-electron chi connectivity index (χ1n) is 11.2. The second-order valence-electron chi connectivity index (χ2n) is 8.01. The summed E-state index contributed by atoms with van der Waals surface area (Å²) in [5.41, 5.74) is 1.35. The highest BCUT2D eigenvalue weighted by molar-refractivity contribution is 5.54. The van der Waals surface area contributed by atoms with E-state index in [4.69, 9.17) is 37.9 Å². The molecule has 0 radical (unpaired) electrons. The average molecular weight is 495 g/mol. The van der Waals surface area contributed by atoms with Crippen molar-refractivity contribution in [3.63, 3.8) is 0 Å². The van der Waals surface area contributed by atoms with Gasteiger partial charge in [-0.3, -0.25) is 0 Å². The lowest BCUT2D eigenvalue weighted by atomic mass is 9.77. The van der Waals surface area contributed by atoms with Crippen molar-refractivity contribution in [3.8, 4) is 34.5 Å². The average Bonchev–Trinajstić information content (AvgIpc) is 2.89. The van der Waals surface area contributed by atoms with Gasteiger partial charge in [-0.05, 0) is 25.0 Å². The molecule has 0 aliphatic heterocycles. The number of rotatable bonds is 14. The molecule has 0 saturated heterocycles. The van der Waals surface area contributed by atoms with Crippen molar-refractivity contribution in [3.05, 3.63) is 35.4 Å². The smallest absolute Gasteiger partial charge is 0.164 e. The fraction of sp³-hybridized carbons (Fsp3) is 0.538. The Morgan fingerprint density at radius 2 is 1.00 bits per heavy atom. The first-order chi connectivity index (χ1) is 16.8. The summed E-state index contributed by atoms with van der Waals surface area (Å²) in [4.78, 5) is 0. The first-order valence-corrected chi connectivity index (χ1v) is 11.2. The predicted molar refractivity (Wildman–Crippen MR) is 131 cm³/mol. The molecule has 196 valence electrons. The highest BCUT2D eigenvalue weighted by Gasteiger charge is 2.36. The molecule has 2 rings (SSSR count). The molecule has 4 atom stereocenters. The van der Waals surface area contributed by atoms with Gasteiger partial charge in [0.2, 0.25) is 0 Å². The maximum atomic E-state index is 11.6. The van der Waals surface area contributed by atoms with Crippen LogP contribution < -0.4 is 28.4 Å². The third kappa shape index (κ3) is 6.22. The molecule has 2 aromatic rings. The van der Waals surface area contributed by atoms with Crippen LogP contribution in [0.2, 0.25) is 0 Å². The van der Waals surface area contributed by atoms with Crippen LogP contribution in [0.4, 0.5) is 0 Å². The third-order valence-electron chi connectivity index (χ3n) is 6.17. The minimum absolute atomic E-state index is 0.0930. The molecule has 35 heavy (non-hydrogen) atoms. The molecule has 0 saturated carbocycles. The molecule has 0 fully saturated rings. The molecule has 0 amide bonds. The summed E-state index contributed by atoms with van der Waals surface area (Å²) in [6.45, 7) is 3.96. The van der Waals surface area contributed by atoms with Crippen LogP contribution in [0.5, 0.6) is 34.5 Å². The number of ether oxygens (including phenoxy) is 8. The van der Waals surface area contributed by atoms with Crippen LogP contribution in [0, 0.1) is 5.92 Å². The number of benzene rings is 2. The van der Waals surface area contributed by atoms with Gasteiger partial charge in [0.15, 0.2) is 23.0 Å². The molecule has 0 heterocycles. The Morgan fingerprint density at radius 3 is 1.43 bits per heavy atom. The normalized spacial score (nSPS) is 14.5. The zero-order valence-electron chi connectivity index (χ0n) is 22.0. The minimum Gasteiger partial charge on any atom is -0.496 e. The molecule has 0 bridgehead atoms. The molecule has 1 N–H and O–H groups in total. The minimum atomic E-state index is -0.957. The van der Waals surface area contributed by atoms with Crippen LogP contribution >= 0.6 is 0 Å². The van der Waals surface area contributed by atoms with Crippen LogP contribution in [0.3, 0.4) is 0 Å². The van der Waals surface area contributed by atoms with Gasteiger partial charge in [0.05, 0.1) is 54.9 Å². The molecule has 0 aromatic heterocycles. The lowest BCUT2D eigenvalue weighted by Crippen LogP contribution is -2.30. The maximum Gasteiger partial charge on any atom is 0.164 e. The van der Waals surface area contributed by atoms with Crippen LogP contribution in [0.1, 0.15) is 37.0 Å². The Balaban J connectivity index is 2.65. The van der Waals surface area contributed by atoms with Crippen molar-refractivity contribution in [2.75, 3.05) is 56.6 Å². The van der Waals surface area contributed by atoms with E-state index in [1.807, 2.05) is 19.9 Å². The van der Waals surface area contributed by atoms with Crippen LogP contribution in [0.25, 0.3) is 0 Å². The van der Waals surface area contributed by atoms with Crippen molar-refractivity contribution >= 4 is 0 Å². The van der Waals surface area contributed by atoms with Gasteiger partial charge < -0.3 is 43.0 Å². The highest BCUT2D eigenvalue weighted by Crippen LogP contribution is 2.47. The number of hydrogen-bond donors (Lipinski definition) is 1. The molecular formula is C26H38O9. The van der Waals surface area contributed by atoms with Crippen LogP contribution in [0.15, 0.2) is 24.3 Å². The van der Waals surface area contributed by atoms with E-state index in [0.29, 0.717) is 40.1 Å². The second-order valence-corrected chi connectivity index (χ2v) is 8.01. The second kappa shape index (κ2) is 13.3. The number of aliphatic hydroxyl groups is 1. The van der Waals surface area contributed by atoms with E-state index in [1.54, 1.807) is 68.0 Å². The Morgan fingerprint density at radius 1 is 0.600 bits per heavy atom. The van der Waals surface area contributed by atoms with Gasteiger partial charge in [-0.15, -0.1) is 0 Å². The lowest BCUT2D eigenvalue weighted by Gasteiger charge is -2.34. The molecule has 9 nitrogen and oxygen atoms in total. The largest absolute Gasteiger partial charge is 0.496 e. The van der Waals surface area contributed by atoms with Gasteiger partial charge in [0.1, 0.15) is 18.3 Å². The van der Waals surface area contributed by atoms with Gasteiger partial charge >= 0.3 is 0 Å². The van der Waals surface area contributed by atoms with E-state index in [0.717, 1.165) is 5.56 Å². The number of hydrogen-bond acceptors (Lipinski definition) is 9. The van der Waals surface area contributed by atoms with E-state index in [9.17, 15) is 5.11 Å². The topological polar surface area (TPSA) is 94.1 Å². The quantitative estimate of drug-likeness (QED) is 0.388. The summed E-state index contributed by atoms with van der Waals surface area (Å²) in [6, 6.07) is 7.04. The first kappa shape index (κ1) is 28.4. The fourth-order valence-electron chi connectivity index (χ4n) is 4.32. The summed E-state index contributed by atoms with van der Waals surface area (Å²) < 4.78 is 44.2. The van der Waals surface area contributed by atoms with Gasteiger partial charge in [0.25, 0.3) is 0 Å². The van der Waals surface area contributed by atoms with E-state index in [1.165, 1.54) is 0 Å². The number of aliphatic hydroxyl groups excluding tert-OH is 1. The monoisotopic (exact) mass is 494 g/mol. The van der Waals surface area contributed by atoms with Crippen molar-refractivity contribution < 1.29 is 43.0 Å². The van der Waals surface area contributed by atoms with Crippen LogP contribution in [-0.2, 0) is 9.47 Å². The molecule has 9 heteroatoms. The van der Waals surface area contributed by atoms with Gasteiger partial charge in [-0.2, -0.15) is 0 Å². The van der Waals surface area contributed by atoms with Crippen molar-refractivity contribution in [2.45, 2.75) is 32.0 Å². The third-order valence-corrected chi connectivity index (χ3v) is 6.17. The van der Waals surface area contributed by atoms with Gasteiger partial charge in [0, 0.05) is 36.3 Å². The van der Waals surface area contributed by atoms with Gasteiger partial charge in [-0.1, -0.05) is 6.92 Å². The standard InChI is InChI=1S/C26H38O9/c1-15(26(27)18-11-22(32-7)24(34-9)13-20(18)30-5)25(16(2)35-14-28-3)17-10-21(31-6)23(33-8)12-19(17)29-4/h10-13,15-16,25-27H,14H2,1-9H3/t15-,16-,25-,26+/m1/s1. The predicted octanol–water partition coefficient (Wildman–Crippen LogP) is 4.20. The molecule has 0 spiro atoms. The Kier molecular flexibility index (Phi) is 10.8. The molecular weight excluding hydrogens is 456 g/mol. The summed E-state index contributed by atoms with van der Waals surface area (Å²) >= 11 is 0. The summed E-state index contributed by atoms with van der Waals surface area (Å²) in [5, 5.41) is 11.6. The zero-order valence-corrected chi connectivity index (χ0v) is 22.0. The molecule has 0 unspecified atom stereocenters. The Hall–Kier alpha value is -2.88. The van der Waals surface area contributed by atoms with E-state index < -0.39 is 6.10 Å². The summed E-state index contributed by atoms with van der Waals surface area (Å²) in [7, 11) is 10.9. The summed E-state index contributed by atoms with van der Waals surface area (Å²) in [6.07, 6.45) is -1.32. The number of methoxy groups -OCH3 is 7. The van der Waals surface area contributed by atoms with Gasteiger partial charge in [-0.25, -0.2) is 0 Å². The zero-order chi connectivity index (χ0) is 26.1. The summed E-state index contributed by atoms with van der Waals surface area (Å²) in [5.74, 6) is 2.41.